The van der Waals surface area contributed by atoms with E-state index in [0.29, 0.717) is 42.0 Å². The van der Waals surface area contributed by atoms with Gasteiger partial charge in [-0.3, -0.25) is 4.79 Å². The second-order valence-electron chi connectivity index (χ2n) is 7.72. The normalized spacial score (nSPS) is 11.9. The number of amides is 1. The van der Waals surface area contributed by atoms with Gasteiger partial charge in [0.05, 0.1) is 37.9 Å². The number of carbonyl (C=O) groups is 2. The van der Waals surface area contributed by atoms with Crippen molar-refractivity contribution in [1.82, 2.24) is 9.55 Å². The molecule has 33 heavy (non-hydrogen) atoms. The molecule has 176 valence electrons. The Morgan fingerprint density at radius 1 is 1.21 bits per heavy atom. The van der Waals surface area contributed by atoms with E-state index in [2.05, 4.69) is 15.6 Å². The Bertz CT molecular complexity index is 1100. The average molecular weight is 455 g/mol. The second-order valence-corrected chi connectivity index (χ2v) is 7.72. The molecule has 9 nitrogen and oxygen atoms in total. The fraction of sp³-hybridized carbons (Fsp3) is 0.375. The Morgan fingerprint density at radius 3 is 2.64 bits per heavy atom. The van der Waals surface area contributed by atoms with E-state index in [1.165, 1.54) is 7.11 Å². The van der Waals surface area contributed by atoms with Crippen molar-refractivity contribution in [3.05, 3.63) is 53.9 Å². The molecule has 3 aromatic rings. The average Bonchev–Trinajstić information content (AvgIpc) is 3.13. The number of carbonyl (C=O) groups excluding carboxylic acids is 2. The minimum absolute atomic E-state index is 0.0522. The van der Waals surface area contributed by atoms with Gasteiger partial charge in [-0.15, -0.1) is 0 Å². The van der Waals surface area contributed by atoms with Crippen molar-refractivity contribution in [2.75, 3.05) is 38.1 Å². The van der Waals surface area contributed by atoms with E-state index < -0.39 is 5.97 Å². The number of anilines is 2. The third-order valence-corrected chi connectivity index (χ3v) is 5.23. The van der Waals surface area contributed by atoms with Crippen LogP contribution in [0.25, 0.3) is 11.0 Å². The van der Waals surface area contributed by atoms with Gasteiger partial charge in [-0.25, -0.2) is 9.78 Å². The van der Waals surface area contributed by atoms with E-state index in [1.54, 1.807) is 23.9 Å². The minimum Gasteiger partial charge on any atom is -0.464 e. The molecule has 0 aliphatic heterocycles. The summed E-state index contributed by atoms with van der Waals surface area (Å²) < 4.78 is 11.9. The number of aliphatic hydroxyl groups is 1. The lowest BCUT2D eigenvalue weighted by atomic mass is 10.1. The molecule has 0 radical (unpaired) electrons. The molecule has 3 N–H and O–H groups in total. The van der Waals surface area contributed by atoms with E-state index in [4.69, 9.17) is 9.47 Å². The van der Waals surface area contributed by atoms with Crippen molar-refractivity contribution in [2.24, 2.45) is 0 Å². The third-order valence-electron chi connectivity index (χ3n) is 5.23. The number of ether oxygens (including phenoxy) is 2. The van der Waals surface area contributed by atoms with Gasteiger partial charge in [-0.05, 0) is 25.0 Å². The highest BCUT2D eigenvalue weighted by molar-refractivity contribution is 6.11. The number of fused-ring (bicyclic) bond motifs is 1. The Morgan fingerprint density at radius 2 is 1.97 bits per heavy atom. The van der Waals surface area contributed by atoms with E-state index in [9.17, 15) is 14.7 Å². The summed E-state index contributed by atoms with van der Waals surface area (Å²) in [7, 11) is 2.87. The summed E-state index contributed by atoms with van der Waals surface area (Å²) in [4.78, 5) is 30.1. The van der Waals surface area contributed by atoms with Crippen LogP contribution in [0.15, 0.2) is 42.6 Å². The van der Waals surface area contributed by atoms with Crippen LogP contribution in [-0.4, -0.2) is 60.0 Å². The van der Waals surface area contributed by atoms with Crippen molar-refractivity contribution in [1.29, 1.82) is 0 Å². The van der Waals surface area contributed by atoms with Crippen molar-refractivity contribution >= 4 is 34.3 Å². The minimum atomic E-state index is -0.583. The molecule has 2 aromatic heterocycles. The van der Waals surface area contributed by atoms with Gasteiger partial charge in [0.15, 0.2) is 5.69 Å². The number of nitrogens with one attached hydrogen (secondary N) is 2. The Hall–Kier alpha value is -3.43. The molecule has 9 heteroatoms. The summed E-state index contributed by atoms with van der Waals surface area (Å²) in [6.07, 6.45) is 2.45. The maximum absolute atomic E-state index is 12.9. The van der Waals surface area contributed by atoms with Crippen molar-refractivity contribution in [2.45, 2.75) is 32.4 Å². The van der Waals surface area contributed by atoms with Crippen LogP contribution >= 0.6 is 0 Å². The van der Waals surface area contributed by atoms with E-state index in [-0.39, 0.29) is 30.7 Å². The Kier molecular flexibility index (Phi) is 8.39. The van der Waals surface area contributed by atoms with Crippen LogP contribution in [0.3, 0.4) is 0 Å². The number of aryl methyl sites for hydroxylation is 1. The van der Waals surface area contributed by atoms with Crippen LogP contribution in [0.5, 0.6) is 0 Å². The molecule has 0 bridgehead atoms. The predicted octanol–water partition coefficient (Wildman–Crippen LogP) is 2.83. The van der Waals surface area contributed by atoms with Crippen molar-refractivity contribution < 1.29 is 24.2 Å². The van der Waals surface area contributed by atoms with Crippen LogP contribution in [0.4, 0.5) is 11.4 Å². The molecule has 3 rings (SSSR count). The lowest BCUT2D eigenvalue weighted by Gasteiger charge is -2.12. The first kappa shape index (κ1) is 24.2. The van der Waals surface area contributed by atoms with Crippen molar-refractivity contribution in [3.8, 4) is 0 Å². The Labute approximate surface area is 192 Å². The first-order chi connectivity index (χ1) is 16.0. The molecule has 2 heterocycles. The maximum atomic E-state index is 12.9. The number of esters is 1. The van der Waals surface area contributed by atoms with E-state index in [1.807, 2.05) is 37.3 Å². The third kappa shape index (κ3) is 5.88. The molecule has 0 aliphatic carbocycles. The monoisotopic (exact) mass is 454 g/mol. The smallest absolute Gasteiger partial charge is 0.356 e. The molecule has 1 unspecified atom stereocenters. The lowest BCUT2D eigenvalue weighted by Crippen LogP contribution is -2.19. The van der Waals surface area contributed by atoms with Gasteiger partial charge in [0, 0.05) is 31.5 Å². The molecule has 0 spiro atoms. The number of aliphatic hydroxyl groups excluding tert-OH is 1. The summed E-state index contributed by atoms with van der Waals surface area (Å²) >= 11 is 0. The highest BCUT2D eigenvalue weighted by Gasteiger charge is 2.26. The van der Waals surface area contributed by atoms with Crippen LogP contribution < -0.4 is 10.6 Å². The second kappa shape index (κ2) is 11.4. The van der Waals surface area contributed by atoms with Gasteiger partial charge in [0.2, 0.25) is 5.91 Å². The number of hydrogen-bond acceptors (Lipinski definition) is 7. The van der Waals surface area contributed by atoms with Crippen LogP contribution in [0.2, 0.25) is 0 Å². The largest absolute Gasteiger partial charge is 0.464 e. The number of hydrogen-bond donors (Lipinski definition) is 3. The number of rotatable bonds is 11. The van der Waals surface area contributed by atoms with Crippen molar-refractivity contribution in [3.63, 3.8) is 0 Å². The van der Waals surface area contributed by atoms with Gasteiger partial charge in [0.1, 0.15) is 5.65 Å². The fourth-order valence-electron chi connectivity index (χ4n) is 3.57. The lowest BCUT2D eigenvalue weighted by molar-refractivity contribution is -0.116. The predicted molar refractivity (Wildman–Crippen MR) is 127 cm³/mol. The van der Waals surface area contributed by atoms with Crippen LogP contribution in [-0.2, 0) is 27.2 Å². The van der Waals surface area contributed by atoms with Crippen LogP contribution in [0.1, 0.15) is 29.4 Å². The first-order valence-corrected chi connectivity index (χ1v) is 10.8. The standard InChI is InChI=1S/C24H30N4O5/c1-16(15-29)26-18-13-19-21(27-20(30)10-9-17-7-5-4-6-8-17)22(24(31)33-3)28(11-12-32-2)23(19)25-14-18/h4-8,13-14,16,26,29H,9-12,15H2,1-3H3,(H,27,30). The first-order valence-electron chi connectivity index (χ1n) is 10.8. The topological polar surface area (TPSA) is 115 Å². The number of benzene rings is 1. The van der Waals surface area contributed by atoms with E-state index >= 15 is 0 Å². The zero-order valence-electron chi connectivity index (χ0n) is 19.1. The molecular weight excluding hydrogens is 424 g/mol. The highest BCUT2D eigenvalue weighted by Crippen LogP contribution is 2.33. The highest BCUT2D eigenvalue weighted by atomic mass is 16.5. The fourth-order valence-corrected chi connectivity index (χ4v) is 3.57. The van der Waals surface area contributed by atoms with Gasteiger partial charge in [-0.1, -0.05) is 30.3 Å². The molecule has 1 aromatic carbocycles. The summed E-state index contributed by atoms with van der Waals surface area (Å²) in [5, 5.41) is 16.0. The molecule has 0 aliphatic rings. The van der Waals surface area contributed by atoms with Gasteiger partial charge < -0.3 is 29.8 Å². The maximum Gasteiger partial charge on any atom is 0.356 e. The molecular formula is C24H30N4O5. The number of nitrogens with zero attached hydrogens (tertiary/aromatic N) is 2. The number of methoxy groups -OCH3 is 2. The van der Waals surface area contributed by atoms with Gasteiger partial charge in [-0.2, -0.15) is 0 Å². The van der Waals surface area contributed by atoms with Gasteiger partial charge in [0.25, 0.3) is 0 Å². The zero-order chi connectivity index (χ0) is 23.8. The molecule has 1 amide bonds. The SMILES string of the molecule is COCCn1c(C(=O)OC)c(NC(=O)CCc2ccccc2)c2cc(NC(C)CO)cnc21. The van der Waals surface area contributed by atoms with Crippen LogP contribution in [0, 0.1) is 0 Å². The van der Waals surface area contributed by atoms with Gasteiger partial charge >= 0.3 is 5.97 Å². The number of pyridine rings is 1. The molecule has 0 fully saturated rings. The number of aromatic nitrogens is 2. The molecule has 1 atom stereocenters. The zero-order valence-corrected chi connectivity index (χ0v) is 19.1. The quantitative estimate of drug-likeness (QED) is 0.382. The summed E-state index contributed by atoms with van der Waals surface area (Å²) in [6, 6.07) is 11.3. The molecule has 0 saturated heterocycles. The summed E-state index contributed by atoms with van der Waals surface area (Å²) in [5.74, 6) is -0.808. The Balaban J connectivity index is 2.01. The summed E-state index contributed by atoms with van der Waals surface area (Å²) in [5.41, 5.74) is 2.78. The molecule has 0 saturated carbocycles. The van der Waals surface area contributed by atoms with E-state index in [0.717, 1.165) is 5.56 Å². The summed E-state index contributed by atoms with van der Waals surface area (Å²) in [6.45, 7) is 2.48.